The predicted molar refractivity (Wildman–Crippen MR) is 53.1 cm³/mol. The van der Waals surface area contributed by atoms with Gasteiger partial charge >= 0.3 is 0 Å². The number of hydrogen-bond donors (Lipinski definition) is 1. The Hall–Kier alpha value is 0.310. The summed E-state index contributed by atoms with van der Waals surface area (Å²) in [5.41, 5.74) is 0. The molecule has 1 unspecified atom stereocenters. The number of unbranched alkanes of at least 4 members (excludes halogenated alkanes) is 3. The van der Waals surface area contributed by atoms with Crippen LogP contribution in [0.2, 0.25) is 0 Å². The first-order chi connectivity index (χ1) is 5.27. The van der Waals surface area contributed by atoms with Crippen molar-refractivity contribution in [2.75, 3.05) is 11.5 Å². The Morgan fingerprint density at radius 1 is 1.27 bits per heavy atom. The van der Waals surface area contributed by atoms with Crippen molar-refractivity contribution in [2.45, 2.75) is 45.6 Å². The maximum absolute atomic E-state index is 8.93. The van der Waals surface area contributed by atoms with Crippen LogP contribution in [-0.4, -0.2) is 22.7 Å². The van der Waals surface area contributed by atoms with E-state index in [1.54, 1.807) is 0 Å². The average molecular weight is 176 g/mol. The molecule has 0 saturated heterocycles. The zero-order valence-corrected chi connectivity index (χ0v) is 8.49. The fraction of sp³-hybridized carbons (Fsp3) is 1.00. The molecule has 0 heterocycles. The standard InChI is InChI=1S/C9H20OS/c1-3-4-5-6-7-11-8-9(2)10/h9-10H,3-8H2,1-2H3. The van der Waals surface area contributed by atoms with Crippen molar-refractivity contribution >= 4 is 11.8 Å². The van der Waals surface area contributed by atoms with E-state index in [9.17, 15) is 0 Å². The van der Waals surface area contributed by atoms with Crippen LogP contribution in [-0.2, 0) is 0 Å². The molecule has 0 radical (unpaired) electrons. The Morgan fingerprint density at radius 2 is 2.00 bits per heavy atom. The van der Waals surface area contributed by atoms with Gasteiger partial charge in [0, 0.05) is 5.75 Å². The van der Waals surface area contributed by atoms with Crippen LogP contribution < -0.4 is 0 Å². The van der Waals surface area contributed by atoms with Crippen molar-refractivity contribution in [3.05, 3.63) is 0 Å². The molecule has 1 atom stereocenters. The Balaban J connectivity index is 2.80. The molecular weight excluding hydrogens is 156 g/mol. The lowest BCUT2D eigenvalue weighted by atomic mass is 10.2. The molecule has 0 aliphatic heterocycles. The molecule has 1 N–H and O–H groups in total. The molecule has 0 amide bonds. The first-order valence-corrected chi connectivity index (χ1v) is 5.68. The highest BCUT2D eigenvalue weighted by Gasteiger charge is 1.94. The molecule has 0 rings (SSSR count). The summed E-state index contributed by atoms with van der Waals surface area (Å²) in [5, 5.41) is 8.93. The average Bonchev–Trinajstić information content (AvgIpc) is 1.96. The zero-order valence-electron chi connectivity index (χ0n) is 7.68. The van der Waals surface area contributed by atoms with Gasteiger partial charge in [-0.25, -0.2) is 0 Å². The molecule has 0 fully saturated rings. The molecule has 2 heteroatoms. The summed E-state index contributed by atoms with van der Waals surface area (Å²) in [6.45, 7) is 4.07. The minimum Gasteiger partial charge on any atom is -0.393 e. The SMILES string of the molecule is CCCCCCSCC(C)O. The van der Waals surface area contributed by atoms with Gasteiger partial charge in [0.15, 0.2) is 0 Å². The van der Waals surface area contributed by atoms with Crippen molar-refractivity contribution in [3.63, 3.8) is 0 Å². The first-order valence-electron chi connectivity index (χ1n) is 4.53. The lowest BCUT2D eigenvalue weighted by molar-refractivity contribution is 0.220. The number of aliphatic hydroxyl groups is 1. The van der Waals surface area contributed by atoms with Gasteiger partial charge in [-0.2, -0.15) is 11.8 Å². The van der Waals surface area contributed by atoms with Crippen LogP contribution in [0.15, 0.2) is 0 Å². The van der Waals surface area contributed by atoms with Gasteiger partial charge in [-0.15, -0.1) is 0 Å². The Morgan fingerprint density at radius 3 is 2.55 bits per heavy atom. The van der Waals surface area contributed by atoms with E-state index in [1.165, 1.54) is 31.4 Å². The van der Waals surface area contributed by atoms with Gasteiger partial charge < -0.3 is 5.11 Å². The summed E-state index contributed by atoms with van der Waals surface area (Å²) in [6, 6.07) is 0. The van der Waals surface area contributed by atoms with Gasteiger partial charge in [0.05, 0.1) is 6.10 Å². The molecule has 1 nitrogen and oxygen atoms in total. The second-order valence-electron chi connectivity index (χ2n) is 2.98. The van der Waals surface area contributed by atoms with Crippen LogP contribution in [0.4, 0.5) is 0 Å². The number of rotatable bonds is 7. The topological polar surface area (TPSA) is 20.2 Å². The number of thioether (sulfide) groups is 1. The molecule has 0 aromatic rings. The monoisotopic (exact) mass is 176 g/mol. The molecule has 0 aromatic heterocycles. The van der Waals surface area contributed by atoms with E-state index in [-0.39, 0.29) is 6.10 Å². The van der Waals surface area contributed by atoms with Crippen LogP contribution in [0, 0.1) is 0 Å². The quantitative estimate of drug-likeness (QED) is 0.602. The summed E-state index contributed by atoms with van der Waals surface area (Å²) in [6.07, 6.45) is 5.19. The predicted octanol–water partition coefficient (Wildman–Crippen LogP) is 2.68. The van der Waals surface area contributed by atoms with Gasteiger partial charge in [-0.05, 0) is 19.1 Å². The van der Waals surface area contributed by atoms with E-state index in [0.29, 0.717) is 0 Å². The maximum atomic E-state index is 8.93. The van der Waals surface area contributed by atoms with E-state index < -0.39 is 0 Å². The molecule has 0 aliphatic rings. The maximum Gasteiger partial charge on any atom is 0.0602 e. The van der Waals surface area contributed by atoms with Crippen LogP contribution in [0.25, 0.3) is 0 Å². The Labute approximate surface area is 74.6 Å². The van der Waals surface area contributed by atoms with Crippen molar-refractivity contribution in [1.29, 1.82) is 0 Å². The number of hydrogen-bond acceptors (Lipinski definition) is 2. The summed E-state index contributed by atoms with van der Waals surface area (Å²) >= 11 is 1.86. The molecular formula is C9H20OS. The van der Waals surface area contributed by atoms with E-state index in [2.05, 4.69) is 6.92 Å². The second-order valence-corrected chi connectivity index (χ2v) is 4.13. The van der Waals surface area contributed by atoms with Crippen molar-refractivity contribution in [1.82, 2.24) is 0 Å². The zero-order chi connectivity index (χ0) is 8.53. The van der Waals surface area contributed by atoms with Gasteiger partial charge in [0.1, 0.15) is 0 Å². The van der Waals surface area contributed by atoms with Crippen LogP contribution in [0.1, 0.15) is 39.5 Å². The molecule has 0 aliphatic carbocycles. The summed E-state index contributed by atoms with van der Waals surface area (Å²) in [4.78, 5) is 0. The van der Waals surface area contributed by atoms with Gasteiger partial charge in [0.25, 0.3) is 0 Å². The fourth-order valence-corrected chi connectivity index (χ4v) is 1.80. The van der Waals surface area contributed by atoms with Crippen molar-refractivity contribution in [2.24, 2.45) is 0 Å². The van der Waals surface area contributed by atoms with Crippen LogP contribution >= 0.6 is 11.8 Å². The van der Waals surface area contributed by atoms with Crippen molar-refractivity contribution in [3.8, 4) is 0 Å². The summed E-state index contributed by atoms with van der Waals surface area (Å²) < 4.78 is 0. The highest BCUT2D eigenvalue weighted by molar-refractivity contribution is 7.99. The van der Waals surface area contributed by atoms with Crippen molar-refractivity contribution < 1.29 is 5.11 Å². The third-order valence-corrected chi connectivity index (χ3v) is 2.80. The lowest BCUT2D eigenvalue weighted by Gasteiger charge is -2.02. The lowest BCUT2D eigenvalue weighted by Crippen LogP contribution is -2.03. The molecule has 11 heavy (non-hydrogen) atoms. The van der Waals surface area contributed by atoms with Gasteiger partial charge in [0.2, 0.25) is 0 Å². The first kappa shape index (κ1) is 11.3. The Kier molecular flexibility index (Phi) is 8.64. The normalized spacial score (nSPS) is 13.4. The third-order valence-electron chi connectivity index (χ3n) is 1.50. The van der Waals surface area contributed by atoms with Crippen LogP contribution in [0.5, 0.6) is 0 Å². The summed E-state index contributed by atoms with van der Waals surface area (Å²) in [7, 11) is 0. The smallest absolute Gasteiger partial charge is 0.0602 e. The molecule has 0 saturated carbocycles. The van der Waals surface area contributed by atoms with E-state index in [4.69, 9.17) is 5.11 Å². The van der Waals surface area contributed by atoms with Gasteiger partial charge in [-0.1, -0.05) is 26.2 Å². The van der Waals surface area contributed by atoms with E-state index in [0.717, 1.165) is 5.75 Å². The Bertz CT molecular complexity index is 74.0. The summed E-state index contributed by atoms with van der Waals surface area (Å²) in [5.74, 6) is 2.11. The number of aliphatic hydroxyl groups excluding tert-OH is 1. The van der Waals surface area contributed by atoms with E-state index in [1.807, 2.05) is 18.7 Å². The highest BCUT2D eigenvalue weighted by Crippen LogP contribution is 2.08. The van der Waals surface area contributed by atoms with Gasteiger partial charge in [-0.3, -0.25) is 0 Å². The minimum absolute atomic E-state index is 0.133. The molecule has 68 valence electrons. The largest absolute Gasteiger partial charge is 0.393 e. The fourth-order valence-electron chi connectivity index (χ4n) is 0.885. The molecule has 0 spiro atoms. The molecule has 0 bridgehead atoms. The van der Waals surface area contributed by atoms with Crippen LogP contribution in [0.3, 0.4) is 0 Å². The van der Waals surface area contributed by atoms with E-state index >= 15 is 0 Å². The second kappa shape index (κ2) is 8.41. The minimum atomic E-state index is -0.133. The highest BCUT2D eigenvalue weighted by atomic mass is 32.2. The molecule has 0 aromatic carbocycles. The third kappa shape index (κ3) is 10.3.